The Bertz CT molecular complexity index is 799. The van der Waals surface area contributed by atoms with Crippen molar-refractivity contribution in [1.82, 2.24) is 5.32 Å². The van der Waals surface area contributed by atoms with Crippen LogP contribution in [0.5, 0.6) is 5.75 Å². The molecule has 0 saturated heterocycles. The van der Waals surface area contributed by atoms with E-state index in [4.69, 9.17) is 22.2 Å². The fraction of sp³-hybridized carbons (Fsp3) is 0.211. The number of anilines is 1. The van der Waals surface area contributed by atoms with Gasteiger partial charge in [0.25, 0.3) is 5.91 Å². The zero-order valence-corrected chi connectivity index (χ0v) is 14.7. The van der Waals surface area contributed by atoms with Crippen LogP contribution in [0.15, 0.2) is 48.5 Å². The molecule has 2 aromatic rings. The van der Waals surface area contributed by atoms with Gasteiger partial charge < -0.3 is 10.1 Å². The Hall–Kier alpha value is -2.91. The SMILES string of the molecule is CCCCOc1ccccc1C(=O)NC(=S)Nc1cccc(C#N)c1. The van der Waals surface area contributed by atoms with Crippen LogP contribution in [0.25, 0.3) is 0 Å². The number of amides is 1. The second-order valence-electron chi connectivity index (χ2n) is 5.30. The lowest BCUT2D eigenvalue weighted by Gasteiger charge is -2.13. The highest BCUT2D eigenvalue weighted by Gasteiger charge is 2.13. The predicted molar refractivity (Wildman–Crippen MR) is 102 cm³/mol. The molecule has 0 unspecified atom stereocenters. The van der Waals surface area contributed by atoms with Gasteiger partial charge in [-0.2, -0.15) is 5.26 Å². The summed E-state index contributed by atoms with van der Waals surface area (Å²) in [6.07, 6.45) is 1.94. The van der Waals surface area contributed by atoms with E-state index < -0.39 is 0 Å². The molecule has 0 bridgehead atoms. The van der Waals surface area contributed by atoms with E-state index in [1.165, 1.54) is 0 Å². The van der Waals surface area contributed by atoms with Crippen molar-refractivity contribution in [2.24, 2.45) is 0 Å². The molecule has 25 heavy (non-hydrogen) atoms. The van der Waals surface area contributed by atoms with Gasteiger partial charge in [0.05, 0.1) is 23.8 Å². The standard InChI is InChI=1S/C19H19N3O2S/c1-2-3-11-24-17-10-5-4-9-16(17)18(23)22-19(25)21-15-8-6-7-14(12-15)13-20/h4-10,12H,2-3,11H2,1H3,(H2,21,22,23,25). The number of carbonyl (C=O) groups is 1. The Balaban J connectivity index is 2.01. The zero-order chi connectivity index (χ0) is 18.1. The van der Waals surface area contributed by atoms with Crippen molar-refractivity contribution in [2.45, 2.75) is 19.8 Å². The first-order chi connectivity index (χ1) is 12.1. The molecular weight excluding hydrogens is 334 g/mol. The Morgan fingerprint density at radius 1 is 1.24 bits per heavy atom. The van der Waals surface area contributed by atoms with Crippen LogP contribution in [0.3, 0.4) is 0 Å². The first kappa shape index (κ1) is 18.4. The molecule has 0 radical (unpaired) electrons. The molecule has 6 heteroatoms. The first-order valence-electron chi connectivity index (χ1n) is 7.98. The van der Waals surface area contributed by atoms with E-state index in [1.807, 2.05) is 6.07 Å². The van der Waals surface area contributed by atoms with Gasteiger partial charge in [0.15, 0.2) is 5.11 Å². The maximum atomic E-state index is 12.5. The molecule has 0 spiro atoms. The molecule has 0 aliphatic rings. The lowest BCUT2D eigenvalue weighted by atomic mass is 10.2. The quantitative estimate of drug-likeness (QED) is 0.609. The summed E-state index contributed by atoms with van der Waals surface area (Å²) >= 11 is 5.17. The predicted octanol–water partition coefficient (Wildman–Crippen LogP) is 3.86. The van der Waals surface area contributed by atoms with E-state index in [1.54, 1.807) is 42.5 Å². The molecule has 0 heterocycles. The Morgan fingerprint density at radius 3 is 2.80 bits per heavy atom. The third-order valence-electron chi connectivity index (χ3n) is 3.36. The van der Waals surface area contributed by atoms with Crippen molar-refractivity contribution in [2.75, 3.05) is 11.9 Å². The summed E-state index contributed by atoms with van der Waals surface area (Å²) < 4.78 is 5.67. The highest BCUT2D eigenvalue weighted by molar-refractivity contribution is 7.80. The van der Waals surface area contributed by atoms with Crippen LogP contribution in [0, 0.1) is 11.3 Å². The van der Waals surface area contributed by atoms with E-state index in [0.29, 0.717) is 29.2 Å². The Labute approximate surface area is 152 Å². The highest BCUT2D eigenvalue weighted by atomic mass is 32.1. The molecule has 1 amide bonds. The van der Waals surface area contributed by atoms with Gasteiger partial charge in [-0.1, -0.05) is 31.5 Å². The maximum absolute atomic E-state index is 12.5. The monoisotopic (exact) mass is 353 g/mol. The average Bonchev–Trinajstić information content (AvgIpc) is 2.62. The Kier molecular flexibility index (Phi) is 6.93. The fourth-order valence-corrected chi connectivity index (χ4v) is 2.32. The molecule has 0 aliphatic heterocycles. The lowest BCUT2D eigenvalue weighted by molar-refractivity contribution is 0.0973. The highest BCUT2D eigenvalue weighted by Crippen LogP contribution is 2.18. The second kappa shape index (κ2) is 9.40. The van der Waals surface area contributed by atoms with E-state index in [2.05, 4.69) is 23.6 Å². The minimum atomic E-state index is -0.346. The largest absolute Gasteiger partial charge is 0.493 e. The summed E-state index contributed by atoms with van der Waals surface area (Å²) in [7, 11) is 0. The first-order valence-corrected chi connectivity index (χ1v) is 8.39. The van der Waals surface area contributed by atoms with Gasteiger partial charge in [0, 0.05) is 5.69 Å². The van der Waals surface area contributed by atoms with Gasteiger partial charge >= 0.3 is 0 Å². The second-order valence-corrected chi connectivity index (χ2v) is 5.71. The van der Waals surface area contributed by atoms with Gasteiger partial charge in [-0.3, -0.25) is 10.1 Å². The number of ether oxygens (including phenoxy) is 1. The molecule has 2 aromatic carbocycles. The summed E-state index contributed by atoms with van der Waals surface area (Å²) in [5, 5.41) is 14.6. The number of carbonyl (C=O) groups excluding carboxylic acids is 1. The third-order valence-corrected chi connectivity index (χ3v) is 3.57. The minimum Gasteiger partial charge on any atom is -0.493 e. The van der Waals surface area contributed by atoms with Crippen LogP contribution in [0.4, 0.5) is 5.69 Å². The van der Waals surface area contributed by atoms with Crippen molar-refractivity contribution in [1.29, 1.82) is 5.26 Å². The number of para-hydroxylation sites is 1. The van der Waals surface area contributed by atoms with Gasteiger partial charge in [-0.15, -0.1) is 0 Å². The van der Waals surface area contributed by atoms with Crippen molar-refractivity contribution in [3.63, 3.8) is 0 Å². The van der Waals surface area contributed by atoms with Crippen LogP contribution >= 0.6 is 12.2 Å². The number of unbranched alkanes of at least 4 members (excludes halogenated alkanes) is 1. The van der Waals surface area contributed by atoms with Crippen LogP contribution in [0.1, 0.15) is 35.7 Å². The number of nitriles is 1. The molecule has 5 nitrogen and oxygen atoms in total. The number of benzene rings is 2. The summed E-state index contributed by atoms with van der Waals surface area (Å²) in [6.45, 7) is 2.64. The molecule has 0 saturated carbocycles. The molecule has 0 atom stereocenters. The van der Waals surface area contributed by atoms with Crippen molar-refractivity contribution >= 4 is 28.9 Å². The third kappa shape index (κ3) is 5.59. The van der Waals surface area contributed by atoms with E-state index >= 15 is 0 Å². The molecule has 128 valence electrons. The van der Waals surface area contributed by atoms with E-state index in [0.717, 1.165) is 12.8 Å². The molecule has 2 rings (SSSR count). The van der Waals surface area contributed by atoms with Crippen molar-refractivity contribution in [3.8, 4) is 11.8 Å². The van der Waals surface area contributed by atoms with Crippen LogP contribution in [-0.4, -0.2) is 17.6 Å². The fourth-order valence-electron chi connectivity index (χ4n) is 2.11. The molecular formula is C19H19N3O2S. The van der Waals surface area contributed by atoms with Gasteiger partial charge in [0.2, 0.25) is 0 Å². The molecule has 0 fully saturated rings. The van der Waals surface area contributed by atoms with Crippen LogP contribution in [-0.2, 0) is 0 Å². The van der Waals surface area contributed by atoms with E-state index in [-0.39, 0.29) is 11.0 Å². The van der Waals surface area contributed by atoms with Crippen molar-refractivity contribution < 1.29 is 9.53 Å². The number of hydrogen-bond donors (Lipinski definition) is 2. The Morgan fingerprint density at radius 2 is 2.04 bits per heavy atom. The molecule has 0 aromatic heterocycles. The average molecular weight is 353 g/mol. The number of thiocarbonyl (C=S) groups is 1. The summed E-state index contributed by atoms with van der Waals surface area (Å²) in [5.74, 6) is 0.184. The zero-order valence-electron chi connectivity index (χ0n) is 13.9. The minimum absolute atomic E-state index is 0.156. The number of nitrogens with one attached hydrogen (secondary N) is 2. The van der Waals surface area contributed by atoms with E-state index in [9.17, 15) is 4.79 Å². The normalized spacial score (nSPS) is 9.76. The smallest absolute Gasteiger partial charge is 0.261 e. The van der Waals surface area contributed by atoms with Crippen LogP contribution < -0.4 is 15.4 Å². The lowest BCUT2D eigenvalue weighted by Crippen LogP contribution is -2.34. The van der Waals surface area contributed by atoms with Crippen LogP contribution in [0.2, 0.25) is 0 Å². The van der Waals surface area contributed by atoms with Gasteiger partial charge in [0.1, 0.15) is 5.75 Å². The summed E-state index contributed by atoms with van der Waals surface area (Å²) in [6, 6.07) is 15.9. The van der Waals surface area contributed by atoms with Gasteiger partial charge in [-0.25, -0.2) is 0 Å². The number of nitrogens with zero attached hydrogens (tertiary/aromatic N) is 1. The number of rotatable bonds is 6. The summed E-state index contributed by atoms with van der Waals surface area (Å²) in [4.78, 5) is 12.5. The molecule has 0 aliphatic carbocycles. The summed E-state index contributed by atoms with van der Waals surface area (Å²) in [5.41, 5.74) is 1.57. The number of hydrogen-bond acceptors (Lipinski definition) is 4. The topological polar surface area (TPSA) is 74.2 Å². The molecule has 2 N–H and O–H groups in total. The maximum Gasteiger partial charge on any atom is 0.261 e. The van der Waals surface area contributed by atoms with Crippen molar-refractivity contribution in [3.05, 3.63) is 59.7 Å². The van der Waals surface area contributed by atoms with Gasteiger partial charge in [-0.05, 0) is 49.0 Å².